The molecule has 6 atom stereocenters. The fourth-order valence-corrected chi connectivity index (χ4v) is 8.16. The van der Waals surface area contributed by atoms with E-state index in [1.54, 1.807) is 7.11 Å². The average Bonchev–Trinajstić information content (AvgIpc) is 3.32. The number of carbonyl (C=O) groups is 2. The Morgan fingerprint density at radius 2 is 1.94 bits per heavy atom. The smallest absolute Gasteiger partial charge is 0.344 e. The first-order valence-electron chi connectivity index (χ1n) is 11.9. The van der Waals surface area contributed by atoms with E-state index >= 15 is 0 Å². The van der Waals surface area contributed by atoms with E-state index in [9.17, 15) is 14.7 Å². The van der Waals surface area contributed by atoms with Gasteiger partial charge in [0.2, 0.25) is 5.60 Å². The summed E-state index contributed by atoms with van der Waals surface area (Å²) in [5.41, 5.74) is -1.06. The summed E-state index contributed by atoms with van der Waals surface area (Å²) in [6.45, 7) is 5.25. The Morgan fingerprint density at radius 3 is 2.58 bits per heavy atom. The molecule has 180 valence electrons. The molecule has 8 nitrogen and oxygen atoms in total. The number of benzene rings is 1. The van der Waals surface area contributed by atoms with Crippen molar-refractivity contribution in [2.24, 2.45) is 5.41 Å². The summed E-state index contributed by atoms with van der Waals surface area (Å²) in [7, 11) is 4.82. The Balaban J connectivity index is 1.84. The molecular formula is C25H34N2O6. The molecule has 3 aliphatic heterocycles. The third-order valence-corrected chi connectivity index (χ3v) is 9.05. The summed E-state index contributed by atoms with van der Waals surface area (Å²) in [4.78, 5) is 30.4. The second kappa shape index (κ2) is 7.34. The molecule has 3 heterocycles. The van der Waals surface area contributed by atoms with Crippen molar-refractivity contribution in [1.29, 1.82) is 0 Å². The predicted molar refractivity (Wildman–Crippen MR) is 121 cm³/mol. The van der Waals surface area contributed by atoms with Gasteiger partial charge in [0.1, 0.15) is 5.75 Å². The first-order valence-corrected chi connectivity index (χ1v) is 11.9. The minimum absolute atomic E-state index is 0.0279. The van der Waals surface area contributed by atoms with Crippen molar-refractivity contribution in [3.8, 4) is 5.75 Å². The molecule has 4 aliphatic rings. The summed E-state index contributed by atoms with van der Waals surface area (Å²) >= 11 is 0. The number of carbonyl (C=O) groups excluding carboxylic acids is 2. The molecule has 0 aromatic heterocycles. The number of likely N-dealkylation sites (N-methyl/N-ethyl adjacent to an activating group) is 1. The lowest BCUT2D eigenvalue weighted by atomic mass is 9.46. The van der Waals surface area contributed by atoms with E-state index in [-0.39, 0.29) is 6.04 Å². The lowest BCUT2D eigenvalue weighted by Crippen LogP contribution is -2.82. The maximum atomic E-state index is 13.5. The highest BCUT2D eigenvalue weighted by Crippen LogP contribution is 2.68. The molecule has 2 saturated heterocycles. The van der Waals surface area contributed by atoms with Gasteiger partial charge in [-0.1, -0.05) is 13.0 Å². The van der Waals surface area contributed by atoms with Gasteiger partial charge in [-0.2, -0.15) is 0 Å². The highest BCUT2D eigenvalue weighted by atomic mass is 16.6. The van der Waals surface area contributed by atoms with Crippen LogP contribution in [0.25, 0.3) is 0 Å². The summed E-state index contributed by atoms with van der Waals surface area (Å²) in [6, 6.07) is 5.41. The van der Waals surface area contributed by atoms with Crippen LogP contribution < -0.4 is 9.64 Å². The van der Waals surface area contributed by atoms with Crippen molar-refractivity contribution < 1.29 is 28.9 Å². The van der Waals surface area contributed by atoms with Gasteiger partial charge in [-0.25, -0.2) is 4.79 Å². The van der Waals surface area contributed by atoms with Crippen LogP contribution >= 0.6 is 0 Å². The zero-order valence-electron chi connectivity index (χ0n) is 20.1. The zero-order valence-corrected chi connectivity index (χ0v) is 20.1. The molecule has 1 aliphatic carbocycles. The minimum Gasteiger partial charge on any atom is -0.497 e. The van der Waals surface area contributed by atoms with Crippen LogP contribution in [0.1, 0.15) is 45.1 Å². The Labute approximate surface area is 194 Å². The second-order valence-electron chi connectivity index (χ2n) is 10.1. The van der Waals surface area contributed by atoms with Crippen molar-refractivity contribution in [3.63, 3.8) is 0 Å². The normalized spacial score (nSPS) is 38.8. The van der Waals surface area contributed by atoms with E-state index in [1.165, 1.54) is 14.0 Å². The molecule has 0 amide bonds. The van der Waals surface area contributed by atoms with Crippen LogP contribution in [0, 0.1) is 5.41 Å². The van der Waals surface area contributed by atoms with Crippen LogP contribution in [0.5, 0.6) is 5.75 Å². The number of esters is 2. The quantitative estimate of drug-likeness (QED) is 0.684. The molecule has 3 fully saturated rings. The maximum Gasteiger partial charge on any atom is 0.344 e. The Bertz CT molecular complexity index is 999. The van der Waals surface area contributed by atoms with Gasteiger partial charge >= 0.3 is 11.9 Å². The monoisotopic (exact) mass is 458 g/mol. The number of anilines is 1. The van der Waals surface area contributed by atoms with Crippen LogP contribution in [-0.4, -0.2) is 80.1 Å². The number of rotatable bonds is 4. The van der Waals surface area contributed by atoms with Gasteiger partial charge in [0.15, 0.2) is 6.10 Å². The SMILES string of the molecule is CC[C@@]12CCCN3CC[C@]4(c5ccc(OC)cc5N(C)[C@@H]4C(O)(C(=O)OC)C1OC(C)=O)[C@H]32. The second-order valence-corrected chi connectivity index (χ2v) is 10.1. The minimum atomic E-state index is -2.03. The molecular weight excluding hydrogens is 424 g/mol. The number of aliphatic hydroxyl groups is 1. The Morgan fingerprint density at radius 1 is 1.18 bits per heavy atom. The summed E-state index contributed by atoms with van der Waals surface area (Å²) in [5, 5.41) is 12.5. The third-order valence-electron chi connectivity index (χ3n) is 9.05. The van der Waals surface area contributed by atoms with Crippen LogP contribution in [0.3, 0.4) is 0 Å². The molecule has 33 heavy (non-hydrogen) atoms. The fourth-order valence-electron chi connectivity index (χ4n) is 8.16. The zero-order chi connectivity index (χ0) is 23.8. The summed E-state index contributed by atoms with van der Waals surface area (Å²) < 4.78 is 16.7. The number of nitrogens with zero attached hydrogens (tertiary/aromatic N) is 2. The fraction of sp³-hybridized carbons (Fsp3) is 0.680. The van der Waals surface area contributed by atoms with Gasteiger partial charge in [-0.05, 0) is 50.4 Å². The van der Waals surface area contributed by atoms with Crippen LogP contribution in [0.15, 0.2) is 18.2 Å². The van der Waals surface area contributed by atoms with Gasteiger partial charge in [-0.3, -0.25) is 9.69 Å². The van der Waals surface area contributed by atoms with Gasteiger partial charge in [0, 0.05) is 42.6 Å². The number of hydrogen-bond donors (Lipinski definition) is 1. The molecule has 1 saturated carbocycles. The van der Waals surface area contributed by atoms with Crippen molar-refractivity contribution in [3.05, 3.63) is 23.8 Å². The molecule has 8 heteroatoms. The average molecular weight is 459 g/mol. The van der Waals surface area contributed by atoms with E-state index < -0.39 is 40.5 Å². The molecule has 1 spiro atoms. The van der Waals surface area contributed by atoms with Crippen LogP contribution in [0.4, 0.5) is 5.69 Å². The number of methoxy groups -OCH3 is 2. The van der Waals surface area contributed by atoms with E-state index in [0.29, 0.717) is 12.2 Å². The first-order chi connectivity index (χ1) is 15.7. The van der Waals surface area contributed by atoms with Crippen molar-refractivity contribution in [1.82, 2.24) is 4.90 Å². The number of hydrogen-bond acceptors (Lipinski definition) is 8. The van der Waals surface area contributed by atoms with Gasteiger partial charge < -0.3 is 24.2 Å². The molecule has 1 N–H and O–H groups in total. The molecule has 2 unspecified atom stereocenters. The van der Waals surface area contributed by atoms with Gasteiger partial charge in [0.25, 0.3) is 0 Å². The lowest BCUT2D eigenvalue weighted by Gasteiger charge is -2.65. The summed E-state index contributed by atoms with van der Waals surface area (Å²) in [5.74, 6) is -0.535. The van der Waals surface area contributed by atoms with E-state index in [0.717, 1.165) is 43.6 Å². The van der Waals surface area contributed by atoms with Crippen molar-refractivity contribution in [2.75, 3.05) is 39.3 Å². The molecule has 0 bridgehead atoms. The highest BCUT2D eigenvalue weighted by molar-refractivity contribution is 5.86. The predicted octanol–water partition coefficient (Wildman–Crippen LogP) is 1.87. The highest BCUT2D eigenvalue weighted by Gasteiger charge is 2.80. The summed E-state index contributed by atoms with van der Waals surface area (Å²) in [6.07, 6.45) is 2.16. The Kier molecular flexibility index (Phi) is 5.00. The van der Waals surface area contributed by atoms with Crippen LogP contribution in [0.2, 0.25) is 0 Å². The molecule has 1 aromatic rings. The molecule has 1 aromatic carbocycles. The number of piperidine rings is 1. The third kappa shape index (κ3) is 2.54. The number of fused-ring (bicyclic) bond motifs is 1. The van der Waals surface area contributed by atoms with Gasteiger partial charge in [0.05, 0.1) is 20.3 Å². The molecule has 5 rings (SSSR count). The largest absolute Gasteiger partial charge is 0.497 e. The van der Waals surface area contributed by atoms with Crippen molar-refractivity contribution in [2.45, 2.75) is 68.7 Å². The van der Waals surface area contributed by atoms with E-state index in [2.05, 4.69) is 17.9 Å². The first kappa shape index (κ1) is 22.5. The van der Waals surface area contributed by atoms with Crippen molar-refractivity contribution >= 4 is 17.6 Å². The van der Waals surface area contributed by atoms with E-state index in [1.807, 2.05) is 24.1 Å². The maximum absolute atomic E-state index is 13.5. The lowest BCUT2D eigenvalue weighted by molar-refractivity contribution is -0.242. The van der Waals surface area contributed by atoms with Gasteiger partial charge in [-0.15, -0.1) is 0 Å². The Hall–Kier alpha value is -2.32. The standard InChI is InChI=1S/C25H34N2O6/c1-6-23-10-7-12-27-13-11-24(19(23)27)17-9-8-16(31-4)14-18(17)26(3)20(24)25(30,22(29)32-5)21(23)33-15(2)28/h8-9,14,19-21,30H,6-7,10-13H2,1-5H3/t19-,20+,21?,23+,24+,25?/m1/s1. The molecule has 0 radical (unpaired) electrons. The van der Waals surface area contributed by atoms with Crippen LogP contribution in [-0.2, 0) is 24.5 Å². The number of ether oxygens (including phenoxy) is 3. The van der Waals surface area contributed by atoms with E-state index in [4.69, 9.17) is 14.2 Å². The topological polar surface area (TPSA) is 88.5 Å².